The second kappa shape index (κ2) is 11.6. The third-order valence-electron chi connectivity index (χ3n) is 6.87. The van der Waals surface area contributed by atoms with E-state index < -0.39 is 18.4 Å². The third kappa shape index (κ3) is 7.29. The molecular formula is C26H37O5-. The van der Waals surface area contributed by atoms with E-state index in [9.17, 15) is 19.8 Å². The van der Waals surface area contributed by atoms with Crippen LogP contribution < -0.4 is 5.11 Å². The molecule has 0 aromatic carbocycles. The van der Waals surface area contributed by atoms with Crippen LogP contribution in [-0.2, 0) is 14.3 Å². The van der Waals surface area contributed by atoms with Crippen LogP contribution in [0.2, 0.25) is 0 Å². The molecule has 2 aliphatic rings. The van der Waals surface area contributed by atoms with Gasteiger partial charge in [-0.3, -0.25) is 4.79 Å². The molecule has 172 valence electrons. The molecule has 1 aliphatic heterocycles. The fraction of sp³-hybridized carbons (Fsp3) is 0.615. The number of hydrogen-bond donors (Lipinski definition) is 1. The zero-order valence-electron chi connectivity index (χ0n) is 19.2. The van der Waals surface area contributed by atoms with Crippen LogP contribution in [0.3, 0.4) is 0 Å². The maximum absolute atomic E-state index is 12.2. The number of hydrogen-bond acceptors (Lipinski definition) is 5. The molecule has 1 saturated carbocycles. The largest absolute Gasteiger partial charge is 0.848 e. The van der Waals surface area contributed by atoms with E-state index in [1.54, 1.807) is 6.08 Å². The Morgan fingerprint density at radius 1 is 1.39 bits per heavy atom. The van der Waals surface area contributed by atoms with Gasteiger partial charge in [0.05, 0.1) is 0 Å². The van der Waals surface area contributed by atoms with Gasteiger partial charge in [-0.1, -0.05) is 49.2 Å². The molecule has 1 aliphatic carbocycles. The highest BCUT2D eigenvalue weighted by Gasteiger charge is 2.39. The molecule has 0 spiro atoms. The van der Waals surface area contributed by atoms with E-state index in [1.807, 2.05) is 0 Å². The highest BCUT2D eigenvalue weighted by atomic mass is 16.6. The van der Waals surface area contributed by atoms with E-state index in [4.69, 9.17) is 0 Å². The maximum atomic E-state index is 12.2. The number of aldehydes is 1. The Morgan fingerprint density at radius 2 is 2.13 bits per heavy atom. The molecule has 3 unspecified atom stereocenters. The lowest BCUT2D eigenvalue weighted by Gasteiger charge is -2.34. The van der Waals surface area contributed by atoms with Crippen LogP contribution in [0.1, 0.15) is 78.6 Å². The summed E-state index contributed by atoms with van der Waals surface area (Å²) < 4.78 is 4.54. The molecular weight excluding hydrogens is 392 g/mol. The van der Waals surface area contributed by atoms with E-state index in [-0.39, 0.29) is 12.0 Å². The lowest BCUT2D eigenvalue weighted by Crippen LogP contribution is -2.31. The third-order valence-corrected chi connectivity index (χ3v) is 6.87. The van der Waals surface area contributed by atoms with Crippen LogP contribution in [0, 0.1) is 11.3 Å². The number of carbonyl (C=O) groups is 2. The summed E-state index contributed by atoms with van der Waals surface area (Å²) in [4.78, 5) is 22.5. The molecule has 0 aromatic heterocycles. The number of aliphatic hydroxyl groups is 1. The van der Waals surface area contributed by atoms with E-state index in [1.165, 1.54) is 36.8 Å². The Balaban J connectivity index is 1.84. The Morgan fingerprint density at radius 3 is 2.68 bits per heavy atom. The molecule has 4 atom stereocenters. The minimum atomic E-state index is -1.47. The second-order valence-electron chi connectivity index (χ2n) is 9.43. The van der Waals surface area contributed by atoms with Crippen LogP contribution in [0.15, 0.2) is 47.1 Å². The number of ether oxygens (including phenoxy) is 1. The zero-order chi connectivity index (χ0) is 23.0. The molecule has 1 heterocycles. The molecule has 0 saturated heterocycles. The van der Waals surface area contributed by atoms with Gasteiger partial charge in [-0.25, -0.2) is 4.79 Å². The van der Waals surface area contributed by atoms with Gasteiger partial charge in [0.1, 0.15) is 6.29 Å². The number of cyclic esters (lactones) is 1. The first kappa shape index (κ1) is 25.3. The standard InChI is InChI=1S/C26H37O5/c1-18(2)16-26(13-6-8-20(26)4)14-12-19(3)7-5-9-21(17-27)10-11-23(28)22-15-24(29)31-25(22)30/h7,10,15,17,20,23,25,30H,1,5-6,8-9,11-14,16H2,2-4H3/q-1/b19-7+,21-10+/t20-,23?,25?,26?/m1/s1. The molecule has 0 amide bonds. The average Bonchev–Trinajstić information content (AvgIpc) is 3.23. The van der Waals surface area contributed by atoms with Gasteiger partial charge in [-0.15, -0.1) is 6.58 Å². The van der Waals surface area contributed by atoms with Crippen molar-refractivity contribution < 1.29 is 24.5 Å². The molecule has 5 nitrogen and oxygen atoms in total. The van der Waals surface area contributed by atoms with Crippen LogP contribution in [0.5, 0.6) is 0 Å². The van der Waals surface area contributed by atoms with Crippen molar-refractivity contribution in [1.29, 1.82) is 0 Å². The molecule has 1 fully saturated rings. The predicted molar refractivity (Wildman–Crippen MR) is 120 cm³/mol. The molecule has 1 N–H and O–H groups in total. The maximum Gasteiger partial charge on any atom is 0.333 e. The SMILES string of the molecule is C=C(C)CC1(CC/C(C)=C/CC/C(C=O)=C\CC([O-])C2=CC(=O)OC2O)CCC[C@H]1C. The van der Waals surface area contributed by atoms with Crippen LogP contribution >= 0.6 is 0 Å². The van der Waals surface area contributed by atoms with E-state index in [2.05, 4.69) is 38.2 Å². The number of rotatable bonds is 12. The van der Waals surface area contributed by atoms with Gasteiger partial charge in [-0.05, 0) is 81.3 Å². The minimum Gasteiger partial charge on any atom is -0.848 e. The van der Waals surface area contributed by atoms with Crippen molar-refractivity contribution in [2.45, 2.75) is 91.0 Å². The normalized spacial score (nSPS) is 27.8. The Hall–Kier alpha value is -1.98. The first-order valence-electron chi connectivity index (χ1n) is 11.4. The van der Waals surface area contributed by atoms with Crippen LogP contribution in [0.4, 0.5) is 0 Å². The summed E-state index contributed by atoms with van der Waals surface area (Å²) in [5, 5.41) is 21.7. The summed E-state index contributed by atoms with van der Waals surface area (Å²) in [6.45, 7) is 10.8. The van der Waals surface area contributed by atoms with Crippen molar-refractivity contribution in [3.8, 4) is 0 Å². The first-order valence-corrected chi connectivity index (χ1v) is 11.4. The average molecular weight is 430 g/mol. The van der Waals surface area contributed by atoms with Gasteiger partial charge in [0.25, 0.3) is 0 Å². The molecule has 0 bridgehead atoms. The molecule has 5 heteroatoms. The van der Waals surface area contributed by atoms with Crippen molar-refractivity contribution in [1.82, 2.24) is 0 Å². The molecule has 2 rings (SSSR count). The highest BCUT2D eigenvalue weighted by molar-refractivity contribution is 5.85. The van der Waals surface area contributed by atoms with Gasteiger partial charge in [-0.2, -0.15) is 0 Å². The smallest absolute Gasteiger partial charge is 0.333 e. The molecule has 31 heavy (non-hydrogen) atoms. The minimum absolute atomic E-state index is 0.0204. The highest BCUT2D eigenvalue weighted by Crippen LogP contribution is 2.50. The number of allylic oxidation sites excluding steroid dienone is 4. The lowest BCUT2D eigenvalue weighted by atomic mass is 9.70. The van der Waals surface area contributed by atoms with E-state index in [0.717, 1.165) is 37.5 Å². The monoisotopic (exact) mass is 429 g/mol. The summed E-state index contributed by atoms with van der Waals surface area (Å²) in [5.74, 6) is 0.0245. The van der Waals surface area contributed by atoms with Gasteiger partial charge >= 0.3 is 5.97 Å². The van der Waals surface area contributed by atoms with E-state index in [0.29, 0.717) is 17.4 Å². The predicted octanol–water partition coefficient (Wildman–Crippen LogP) is 4.31. The van der Waals surface area contributed by atoms with Crippen molar-refractivity contribution in [2.24, 2.45) is 11.3 Å². The summed E-state index contributed by atoms with van der Waals surface area (Å²) >= 11 is 0. The Labute approximate surface area is 186 Å². The van der Waals surface area contributed by atoms with Crippen LogP contribution in [-0.4, -0.2) is 29.8 Å². The van der Waals surface area contributed by atoms with Gasteiger partial charge in [0.2, 0.25) is 6.29 Å². The van der Waals surface area contributed by atoms with E-state index >= 15 is 0 Å². The van der Waals surface area contributed by atoms with Crippen molar-refractivity contribution >= 4 is 12.3 Å². The fourth-order valence-electron chi connectivity index (χ4n) is 4.94. The molecule has 0 radical (unpaired) electrons. The lowest BCUT2D eigenvalue weighted by molar-refractivity contribution is -0.408. The summed E-state index contributed by atoms with van der Waals surface area (Å²) in [6.07, 6.45) is 11.4. The molecule has 0 aromatic rings. The second-order valence-corrected chi connectivity index (χ2v) is 9.43. The van der Waals surface area contributed by atoms with Gasteiger partial charge in [0.15, 0.2) is 0 Å². The first-order chi connectivity index (χ1) is 14.7. The quantitative estimate of drug-likeness (QED) is 0.216. The summed E-state index contributed by atoms with van der Waals surface area (Å²) in [6, 6.07) is 0. The summed E-state index contributed by atoms with van der Waals surface area (Å²) in [7, 11) is 0. The number of aliphatic hydroxyl groups excluding tert-OH is 1. The zero-order valence-corrected chi connectivity index (χ0v) is 19.2. The van der Waals surface area contributed by atoms with Gasteiger partial charge < -0.3 is 14.9 Å². The summed E-state index contributed by atoms with van der Waals surface area (Å²) in [5.41, 5.74) is 3.56. The van der Waals surface area contributed by atoms with Crippen molar-refractivity contribution in [3.63, 3.8) is 0 Å². The van der Waals surface area contributed by atoms with Crippen molar-refractivity contribution in [2.75, 3.05) is 0 Å². The van der Waals surface area contributed by atoms with Crippen LogP contribution in [0.25, 0.3) is 0 Å². The Bertz CT molecular complexity index is 760. The topological polar surface area (TPSA) is 86.7 Å². The van der Waals surface area contributed by atoms with Crippen molar-refractivity contribution in [3.05, 3.63) is 47.1 Å². The number of carbonyl (C=O) groups excluding carboxylic acids is 2. The Kier molecular flexibility index (Phi) is 9.45. The number of esters is 1. The fourth-order valence-corrected chi connectivity index (χ4v) is 4.94. The van der Waals surface area contributed by atoms with Gasteiger partial charge in [0, 0.05) is 6.08 Å².